The smallest absolute Gasteiger partial charge is 0.283 e. The minimum atomic E-state index is -0.446. The molecule has 0 aliphatic carbocycles. The average molecular weight is 323 g/mol. The average Bonchev–Trinajstić information content (AvgIpc) is 2.47. The van der Waals surface area contributed by atoms with Crippen molar-refractivity contribution in [2.45, 2.75) is 10.6 Å². The van der Waals surface area contributed by atoms with E-state index in [4.69, 9.17) is 16.8 Å². The summed E-state index contributed by atoms with van der Waals surface area (Å²) < 4.78 is 0. The molecule has 0 saturated carbocycles. The summed E-state index contributed by atoms with van der Waals surface area (Å²) in [6, 6.07) is 12.0. The van der Waals surface area contributed by atoms with E-state index in [2.05, 4.69) is 5.16 Å². The minimum absolute atomic E-state index is 0.00800. The van der Waals surface area contributed by atoms with E-state index in [1.165, 1.54) is 17.8 Å². The Bertz CT molecular complexity index is 674. The van der Waals surface area contributed by atoms with Gasteiger partial charge in [0.25, 0.3) is 5.69 Å². The zero-order valence-electron chi connectivity index (χ0n) is 10.8. The van der Waals surface area contributed by atoms with Crippen LogP contribution in [0.1, 0.15) is 11.1 Å². The lowest BCUT2D eigenvalue weighted by molar-refractivity contribution is -0.387. The molecule has 0 saturated heterocycles. The summed E-state index contributed by atoms with van der Waals surface area (Å²) in [6.07, 6.45) is 1.15. The molecule has 21 heavy (non-hydrogen) atoms. The van der Waals surface area contributed by atoms with Crippen molar-refractivity contribution in [3.63, 3.8) is 0 Å². The molecule has 0 aromatic heterocycles. The van der Waals surface area contributed by atoms with Gasteiger partial charge in [-0.1, -0.05) is 35.0 Å². The van der Waals surface area contributed by atoms with Crippen LogP contribution in [0.4, 0.5) is 5.69 Å². The van der Waals surface area contributed by atoms with E-state index in [0.29, 0.717) is 21.2 Å². The molecule has 2 aromatic rings. The van der Waals surface area contributed by atoms with E-state index in [0.717, 1.165) is 11.8 Å². The Balaban J connectivity index is 2.19. The topological polar surface area (TPSA) is 75.7 Å². The maximum Gasteiger partial charge on any atom is 0.283 e. The summed E-state index contributed by atoms with van der Waals surface area (Å²) in [5.41, 5.74) is 1.49. The van der Waals surface area contributed by atoms with Gasteiger partial charge in [-0.2, -0.15) is 0 Å². The second-order valence-electron chi connectivity index (χ2n) is 4.14. The second kappa shape index (κ2) is 7.10. The Morgan fingerprint density at radius 2 is 2.00 bits per heavy atom. The van der Waals surface area contributed by atoms with Gasteiger partial charge in [-0.3, -0.25) is 10.1 Å². The van der Waals surface area contributed by atoms with Crippen LogP contribution in [0, 0.1) is 10.1 Å². The summed E-state index contributed by atoms with van der Waals surface area (Å²) in [6.45, 7) is 0. The number of rotatable bonds is 5. The predicted octanol–water partition coefficient (Wildman–Crippen LogP) is 4.35. The lowest BCUT2D eigenvalue weighted by atomic mass is 10.2. The molecule has 0 atom stereocenters. The number of nitro groups is 1. The van der Waals surface area contributed by atoms with Crippen molar-refractivity contribution in [3.8, 4) is 0 Å². The van der Waals surface area contributed by atoms with Gasteiger partial charge >= 0.3 is 0 Å². The van der Waals surface area contributed by atoms with Crippen molar-refractivity contribution in [2.75, 3.05) is 0 Å². The number of hydrogen-bond acceptors (Lipinski definition) is 5. The summed E-state index contributed by atoms with van der Waals surface area (Å²) in [5.74, 6) is 0.603. The van der Waals surface area contributed by atoms with Crippen LogP contribution in [0.15, 0.2) is 52.5 Å². The van der Waals surface area contributed by atoms with Gasteiger partial charge < -0.3 is 5.21 Å². The molecular weight excluding hydrogens is 312 g/mol. The molecular formula is C14H11ClN2O3S. The van der Waals surface area contributed by atoms with Crippen molar-refractivity contribution >= 4 is 35.3 Å². The molecule has 1 N–H and O–H groups in total. The van der Waals surface area contributed by atoms with E-state index in [1.54, 1.807) is 24.3 Å². The lowest BCUT2D eigenvalue weighted by Gasteiger charge is -2.04. The standard InChI is InChI=1S/C14H11ClN2O3S/c15-12-4-1-10(2-5-12)9-21-14-6-3-11(8-16-18)7-13(14)17(19)20/h1-8,18H,9H2/b16-8-. The second-order valence-corrected chi connectivity index (χ2v) is 5.60. The molecule has 0 heterocycles. The molecule has 0 bridgehead atoms. The third-order valence-corrected chi connectivity index (χ3v) is 4.08. The number of hydrogen-bond donors (Lipinski definition) is 1. The maximum absolute atomic E-state index is 11.1. The number of halogens is 1. The molecule has 0 radical (unpaired) electrons. The fourth-order valence-electron chi connectivity index (χ4n) is 1.69. The largest absolute Gasteiger partial charge is 0.411 e. The van der Waals surface area contributed by atoms with Crippen molar-refractivity contribution in [2.24, 2.45) is 5.16 Å². The van der Waals surface area contributed by atoms with Crippen molar-refractivity contribution in [3.05, 3.63) is 68.7 Å². The van der Waals surface area contributed by atoms with Crippen molar-refractivity contribution in [1.29, 1.82) is 0 Å². The Labute approximate surface area is 130 Å². The molecule has 0 fully saturated rings. The molecule has 0 unspecified atom stereocenters. The number of benzene rings is 2. The zero-order chi connectivity index (χ0) is 15.2. The SMILES string of the molecule is O=[N+]([O-])c1cc(/C=N\O)ccc1SCc1ccc(Cl)cc1. The lowest BCUT2D eigenvalue weighted by Crippen LogP contribution is -1.93. The van der Waals surface area contributed by atoms with E-state index in [-0.39, 0.29) is 5.69 Å². The van der Waals surface area contributed by atoms with Crippen LogP contribution >= 0.6 is 23.4 Å². The van der Waals surface area contributed by atoms with Gasteiger partial charge in [-0.05, 0) is 23.8 Å². The van der Waals surface area contributed by atoms with Crippen molar-refractivity contribution in [1.82, 2.24) is 0 Å². The monoisotopic (exact) mass is 322 g/mol. The van der Waals surface area contributed by atoms with Crippen LogP contribution in [0.5, 0.6) is 0 Å². The van der Waals surface area contributed by atoms with Gasteiger partial charge in [0.1, 0.15) is 0 Å². The van der Waals surface area contributed by atoms with Gasteiger partial charge in [0.15, 0.2) is 0 Å². The summed E-state index contributed by atoms with van der Waals surface area (Å²) in [4.78, 5) is 11.2. The Morgan fingerprint density at radius 3 is 2.62 bits per heavy atom. The molecule has 0 spiro atoms. The fourth-order valence-corrected chi connectivity index (χ4v) is 2.77. The van der Waals surface area contributed by atoms with Gasteiger partial charge in [-0.15, -0.1) is 11.8 Å². The number of oxime groups is 1. The summed E-state index contributed by atoms with van der Waals surface area (Å²) in [7, 11) is 0. The third kappa shape index (κ3) is 4.21. The van der Waals surface area contributed by atoms with Gasteiger partial charge in [0, 0.05) is 22.4 Å². The van der Waals surface area contributed by atoms with Gasteiger partial charge in [-0.25, -0.2) is 0 Å². The summed E-state index contributed by atoms with van der Waals surface area (Å²) in [5, 5.41) is 23.1. The molecule has 7 heteroatoms. The Kier molecular flexibility index (Phi) is 5.19. The maximum atomic E-state index is 11.1. The highest BCUT2D eigenvalue weighted by Crippen LogP contribution is 2.32. The van der Waals surface area contributed by atoms with E-state index < -0.39 is 4.92 Å². The van der Waals surface area contributed by atoms with Crippen LogP contribution in [0.2, 0.25) is 5.02 Å². The zero-order valence-corrected chi connectivity index (χ0v) is 12.3. The predicted molar refractivity (Wildman–Crippen MR) is 83.5 cm³/mol. The Hall–Kier alpha value is -2.05. The van der Waals surface area contributed by atoms with E-state index in [1.807, 2.05) is 12.1 Å². The first-order chi connectivity index (χ1) is 10.1. The minimum Gasteiger partial charge on any atom is -0.411 e. The number of nitro benzene ring substituents is 1. The molecule has 2 rings (SSSR count). The number of thioether (sulfide) groups is 1. The first-order valence-corrected chi connectivity index (χ1v) is 7.29. The van der Waals surface area contributed by atoms with Crippen LogP contribution in [-0.4, -0.2) is 16.3 Å². The van der Waals surface area contributed by atoms with Crippen LogP contribution in [-0.2, 0) is 5.75 Å². The van der Waals surface area contributed by atoms with E-state index >= 15 is 0 Å². The Morgan fingerprint density at radius 1 is 1.29 bits per heavy atom. The highest BCUT2D eigenvalue weighted by molar-refractivity contribution is 7.98. The van der Waals surface area contributed by atoms with Crippen molar-refractivity contribution < 1.29 is 10.1 Å². The summed E-state index contributed by atoms with van der Waals surface area (Å²) >= 11 is 7.18. The van der Waals surface area contributed by atoms with Gasteiger partial charge in [0.2, 0.25) is 0 Å². The highest BCUT2D eigenvalue weighted by atomic mass is 35.5. The molecule has 0 amide bonds. The normalized spacial score (nSPS) is 10.9. The van der Waals surface area contributed by atoms with Crippen LogP contribution in [0.3, 0.4) is 0 Å². The molecule has 0 aliphatic heterocycles. The van der Waals surface area contributed by atoms with E-state index in [9.17, 15) is 10.1 Å². The first-order valence-electron chi connectivity index (χ1n) is 5.93. The highest BCUT2D eigenvalue weighted by Gasteiger charge is 2.14. The number of nitrogens with zero attached hydrogens (tertiary/aromatic N) is 2. The third-order valence-electron chi connectivity index (χ3n) is 2.69. The molecule has 2 aromatic carbocycles. The quantitative estimate of drug-likeness (QED) is 0.292. The fraction of sp³-hybridized carbons (Fsp3) is 0.0714. The van der Waals surface area contributed by atoms with Crippen LogP contribution in [0.25, 0.3) is 0 Å². The van der Waals surface area contributed by atoms with Crippen LogP contribution < -0.4 is 0 Å². The first kappa shape index (κ1) is 15.3. The molecule has 0 aliphatic rings. The molecule has 108 valence electrons. The van der Waals surface area contributed by atoms with Gasteiger partial charge in [0.05, 0.1) is 16.0 Å². The molecule has 5 nitrogen and oxygen atoms in total.